The van der Waals surface area contributed by atoms with Crippen LogP contribution in [0.3, 0.4) is 0 Å². The fourth-order valence-electron chi connectivity index (χ4n) is 3.86. The number of carbonyl (C=O) groups is 2. The van der Waals surface area contributed by atoms with Crippen LogP contribution in [-0.2, 0) is 22.6 Å². The lowest BCUT2D eigenvalue weighted by molar-refractivity contribution is -0.130. The minimum Gasteiger partial charge on any atom is -0.355 e. The van der Waals surface area contributed by atoms with Gasteiger partial charge in [0.05, 0.1) is 5.75 Å². The van der Waals surface area contributed by atoms with Gasteiger partial charge in [-0.3, -0.25) is 9.59 Å². The summed E-state index contributed by atoms with van der Waals surface area (Å²) in [5.74, 6) is 0.562. The molecule has 1 aliphatic rings. The summed E-state index contributed by atoms with van der Waals surface area (Å²) in [6.07, 6.45) is 5.03. The van der Waals surface area contributed by atoms with E-state index < -0.39 is 0 Å². The Labute approximate surface area is 181 Å². The van der Waals surface area contributed by atoms with E-state index in [9.17, 15) is 9.59 Å². The fourth-order valence-corrected chi connectivity index (χ4v) is 4.77. The number of fused-ring (bicyclic) bond motifs is 1. The number of aromatic nitrogens is 1. The Bertz CT molecular complexity index is 1010. The van der Waals surface area contributed by atoms with Crippen LogP contribution in [0.4, 0.5) is 0 Å². The Kier molecular flexibility index (Phi) is 6.74. The molecule has 0 radical (unpaired) electrons. The summed E-state index contributed by atoms with van der Waals surface area (Å²) in [6.45, 7) is 2.71. The molecule has 1 N–H and O–H groups in total. The number of benzene rings is 2. The molecule has 2 heterocycles. The van der Waals surface area contributed by atoms with Crippen molar-refractivity contribution in [2.45, 2.75) is 30.7 Å². The van der Waals surface area contributed by atoms with Crippen LogP contribution in [0.5, 0.6) is 0 Å². The molecule has 1 fully saturated rings. The van der Waals surface area contributed by atoms with Gasteiger partial charge in [-0.1, -0.05) is 48.5 Å². The molecular weight excluding hydrogens is 394 g/mol. The van der Waals surface area contributed by atoms with E-state index in [1.165, 1.54) is 17.3 Å². The first kappa shape index (κ1) is 20.5. The zero-order valence-corrected chi connectivity index (χ0v) is 17.9. The first-order valence-electron chi connectivity index (χ1n) is 10.5. The highest BCUT2D eigenvalue weighted by atomic mass is 32.2. The topological polar surface area (TPSA) is 54.3 Å². The number of likely N-dealkylation sites (tertiary alicyclic amines) is 1. The van der Waals surface area contributed by atoms with Crippen molar-refractivity contribution < 1.29 is 9.59 Å². The highest BCUT2D eigenvalue weighted by molar-refractivity contribution is 8.00. The number of amides is 2. The van der Waals surface area contributed by atoms with E-state index in [0.717, 1.165) is 48.2 Å². The molecule has 0 bridgehead atoms. The van der Waals surface area contributed by atoms with Gasteiger partial charge in [0.15, 0.2) is 0 Å². The Morgan fingerprint density at radius 2 is 1.70 bits per heavy atom. The van der Waals surface area contributed by atoms with Gasteiger partial charge in [-0.05, 0) is 30.9 Å². The number of nitrogens with one attached hydrogen (secondary N) is 1. The van der Waals surface area contributed by atoms with Crippen LogP contribution >= 0.6 is 11.8 Å². The van der Waals surface area contributed by atoms with Crippen molar-refractivity contribution in [1.29, 1.82) is 0 Å². The Balaban J connectivity index is 1.35. The average molecular weight is 422 g/mol. The van der Waals surface area contributed by atoms with Gasteiger partial charge in [0, 0.05) is 41.6 Å². The molecule has 0 aliphatic carbocycles. The molecule has 4 rings (SSSR count). The number of hydrogen-bond acceptors (Lipinski definition) is 3. The minimum atomic E-state index is 0.0286. The van der Waals surface area contributed by atoms with Gasteiger partial charge in [0.2, 0.25) is 11.8 Å². The maximum absolute atomic E-state index is 12.6. The zero-order valence-electron chi connectivity index (χ0n) is 17.0. The number of thioether (sulfide) groups is 1. The maximum Gasteiger partial charge on any atom is 0.242 e. The Morgan fingerprint density at radius 1 is 0.967 bits per heavy atom. The largest absolute Gasteiger partial charge is 0.355 e. The molecule has 0 atom stereocenters. The molecule has 0 saturated carbocycles. The van der Waals surface area contributed by atoms with Crippen molar-refractivity contribution in [2.24, 2.45) is 0 Å². The molecule has 1 aliphatic heterocycles. The normalized spacial score (nSPS) is 13.7. The van der Waals surface area contributed by atoms with Crippen molar-refractivity contribution in [3.05, 3.63) is 66.4 Å². The Hall–Kier alpha value is -2.73. The van der Waals surface area contributed by atoms with E-state index in [1.54, 1.807) is 0 Å². The zero-order chi connectivity index (χ0) is 20.8. The third kappa shape index (κ3) is 5.05. The van der Waals surface area contributed by atoms with Crippen LogP contribution < -0.4 is 5.32 Å². The van der Waals surface area contributed by atoms with Crippen LogP contribution in [0.1, 0.15) is 18.4 Å². The SMILES string of the molecule is O=C(CSc1cn(CC(=O)N2CCCC2)c2ccccc12)NCCc1ccccc1. The molecule has 0 spiro atoms. The third-order valence-electron chi connectivity index (χ3n) is 5.45. The molecule has 2 amide bonds. The first-order chi connectivity index (χ1) is 14.7. The van der Waals surface area contributed by atoms with E-state index in [2.05, 4.69) is 23.5 Å². The van der Waals surface area contributed by atoms with Gasteiger partial charge < -0.3 is 14.8 Å². The van der Waals surface area contributed by atoms with Gasteiger partial charge in [0.1, 0.15) is 6.54 Å². The summed E-state index contributed by atoms with van der Waals surface area (Å²) >= 11 is 1.53. The smallest absolute Gasteiger partial charge is 0.242 e. The lowest BCUT2D eigenvalue weighted by atomic mass is 10.1. The van der Waals surface area contributed by atoms with Gasteiger partial charge in [-0.15, -0.1) is 11.8 Å². The van der Waals surface area contributed by atoms with Crippen molar-refractivity contribution in [1.82, 2.24) is 14.8 Å². The van der Waals surface area contributed by atoms with E-state index in [0.29, 0.717) is 18.8 Å². The second-order valence-electron chi connectivity index (χ2n) is 7.60. The number of rotatable bonds is 8. The second-order valence-corrected chi connectivity index (χ2v) is 8.62. The minimum absolute atomic E-state index is 0.0286. The predicted molar refractivity (Wildman–Crippen MR) is 122 cm³/mol. The van der Waals surface area contributed by atoms with Gasteiger partial charge in [-0.2, -0.15) is 0 Å². The monoisotopic (exact) mass is 421 g/mol. The molecule has 1 aromatic heterocycles. The molecule has 2 aromatic carbocycles. The summed E-state index contributed by atoms with van der Waals surface area (Å²) in [4.78, 5) is 27.9. The highest BCUT2D eigenvalue weighted by Gasteiger charge is 2.19. The van der Waals surface area contributed by atoms with Gasteiger partial charge >= 0.3 is 0 Å². The number of para-hydroxylation sites is 1. The summed E-state index contributed by atoms with van der Waals surface area (Å²) in [6, 6.07) is 18.2. The van der Waals surface area contributed by atoms with E-state index in [4.69, 9.17) is 0 Å². The molecule has 0 unspecified atom stereocenters. The number of nitrogens with zero attached hydrogens (tertiary/aromatic N) is 2. The van der Waals surface area contributed by atoms with Crippen LogP contribution in [0, 0.1) is 0 Å². The first-order valence-corrected chi connectivity index (χ1v) is 11.5. The van der Waals surface area contributed by atoms with Crippen molar-refractivity contribution in [2.75, 3.05) is 25.4 Å². The van der Waals surface area contributed by atoms with E-state index in [-0.39, 0.29) is 11.8 Å². The molecule has 30 heavy (non-hydrogen) atoms. The lowest BCUT2D eigenvalue weighted by Gasteiger charge is -2.15. The quantitative estimate of drug-likeness (QED) is 0.564. The summed E-state index contributed by atoms with van der Waals surface area (Å²) in [5.41, 5.74) is 2.26. The number of hydrogen-bond donors (Lipinski definition) is 1. The molecule has 6 heteroatoms. The summed E-state index contributed by atoms with van der Waals surface area (Å²) in [5, 5.41) is 4.09. The van der Waals surface area contributed by atoms with Crippen LogP contribution in [0.15, 0.2) is 65.7 Å². The van der Waals surface area contributed by atoms with Gasteiger partial charge in [0.25, 0.3) is 0 Å². The highest BCUT2D eigenvalue weighted by Crippen LogP contribution is 2.30. The van der Waals surface area contributed by atoms with Crippen molar-refractivity contribution in [3.8, 4) is 0 Å². The van der Waals surface area contributed by atoms with E-state index >= 15 is 0 Å². The van der Waals surface area contributed by atoms with Crippen molar-refractivity contribution in [3.63, 3.8) is 0 Å². The average Bonchev–Trinajstić information content (AvgIpc) is 3.42. The summed E-state index contributed by atoms with van der Waals surface area (Å²) < 4.78 is 2.02. The van der Waals surface area contributed by atoms with Crippen LogP contribution in [0.2, 0.25) is 0 Å². The molecule has 3 aromatic rings. The molecular formula is C24H27N3O2S. The predicted octanol–water partition coefficient (Wildman–Crippen LogP) is 3.71. The lowest BCUT2D eigenvalue weighted by Crippen LogP contribution is -2.30. The fraction of sp³-hybridized carbons (Fsp3) is 0.333. The van der Waals surface area contributed by atoms with Crippen LogP contribution in [0.25, 0.3) is 10.9 Å². The van der Waals surface area contributed by atoms with Crippen molar-refractivity contribution >= 4 is 34.5 Å². The van der Waals surface area contributed by atoms with Gasteiger partial charge in [-0.25, -0.2) is 0 Å². The Morgan fingerprint density at radius 3 is 2.50 bits per heavy atom. The standard InChI is InChI=1S/C24H27N3O2S/c28-23(25-13-12-19-8-2-1-3-9-19)18-30-22-16-27(21-11-5-4-10-20(21)22)17-24(29)26-14-6-7-15-26/h1-5,8-11,16H,6-7,12-15,17-18H2,(H,25,28). The third-order valence-corrected chi connectivity index (χ3v) is 6.50. The van der Waals surface area contributed by atoms with E-state index in [1.807, 2.05) is 52.1 Å². The number of carbonyl (C=O) groups excluding carboxylic acids is 2. The molecule has 5 nitrogen and oxygen atoms in total. The summed E-state index contributed by atoms with van der Waals surface area (Å²) in [7, 11) is 0. The molecule has 156 valence electrons. The van der Waals surface area contributed by atoms with Crippen LogP contribution in [-0.4, -0.2) is 46.7 Å². The second kappa shape index (κ2) is 9.85. The molecule has 1 saturated heterocycles. The maximum atomic E-state index is 12.6.